The number of aromatic nitrogens is 2. The summed E-state index contributed by atoms with van der Waals surface area (Å²) < 4.78 is 218. The van der Waals surface area contributed by atoms with Gasteiger partial charge in [0.2, 0.25) is 0 Å². The zero-order valence-electron chi connectivity index (χ0n) is 52.2. The average Bonchev–Trinajstić information content (AvgIpc) is 2.22. The van der Waals surface area contributed by atoms with Crippen molar-refractivity contribution in [1.82, 2.24) is 9.13 Å². The maximum atomic E-state index is 9.97. The molecule has 0 unspecified atom stereocenters. The molecule has 0 atom stereocenters. The van der Waals surface area contributed by atoms with Crippen molar-refractivity contribution in [3.8, 4) is 44.8 Å². The molecule has 0 spiro atoms. The third kappa shape index (κ3) is 4.92. The minimum absolute atomic E-state index is 0.0429. The van der Waals surface area contributed by atoms with Crippen LogP contribution in [-0.4, -0.2) is 9.13 Å². The Labute approximate surface area is 361 Å². The minimum atomic E-state index is -0.840. The Morgan fingerprint density at radius 2 is 1.00 bits per heavy atom. The van der Waals surface area contributed by atoms with Crippen LogP contribution in [0.1, 0.15) is 31.5 Å². The Hall–Kier alpha value is -7.62. The van der Waals surface area contributed by atoms with E-state index >= 15 is 0 Å². The molecule has 0 aliphatic carbocycles. The summed E-state index contributed by atoms with van der Waals surface area (Å²) in [5.74, 6) is 0. The number of rotatable bonds is 5. The van der Waals surface area contributed by atoms with Gasteiger partial charge in [-0.2, -0.15) is 0 Å². The molecule has 266 valence electrons. The molecule has 12 rings (SSSR count). The fraction of sp³-hybridized carbons (Fsp3) is 0. The second-order valence-electron chi connectivity index (χ2n) is 13.1. The monoisotopic (exact) mass is 749 g/mol. The van der Waals surface area contributed by atoms with Crippen LogP contribution < -0.4 is 0 Å². The molecule has 0 amide bonds. The van der Waals surface area contributed by atoms with Crippen molar-refractivity contribution in [3.63, 3.8) is 0 Å². The highest BCUT2D eigenvalue weighted by Crippen LogP contribution is 2.41. The highest BCUT2D eigenvalue weighted by molar-refractivity contribution is 6.15. The predicted octanol–water partition coefficient (Wildman–Crippen LogP) is 14.8. The first kappa shape index (κ1) is 16.6. The Morgan fingerprint density at radius 1 is 0.368 bits per heavy atom. The highest BCUT2D eigenvalue weighted by atomic mass is 16.3. The van der Waals surface area contributed by atoms with E-state index in [1.165, 1.54) is 16.7 Å². The smallest absolute Gasteiger partial charge is 0.137 e. The first-order chi connectivity index (χ1) is 37.9. The molecule has 0 N–H and O–H groups in total. The molecule has 57 heavy (non-hydrogen) atoms. The van der Waals surface area contributed by atoms with Gasteiger partial charge in [0, 0.05) is 49.7 Å². The van der Waals surface area contributed by atoms with Gasteiger partial charge in [-0.3, -0.25) is 0 Å². The van der Waals surface area contributed by atoms with Crippen LogP contribution in [-0.2, 0) is 0 Å². The van der Waals surface area contributed by atoms with E-state index in [1.807, 2.05) is 36.4 Å². The van der Waals surface area contributed by atoms with E-state index in [2.05, 4.69) is 0 Å². The van der Waals surface area contributed by atoms with Gasteiger partial charge in [0.15, 0.2) is 0 Å². The summed E-state index contributed by atoms with van der Waals surface area (Å²) >= 11 is 0. The van der Waals surface area contributed by atoms with Gasteiger partial charge in [-0.05, 0) is 99.9 Å². The van der Waals surface area contributed by atoms with Crippen molar-refractivity contribution in [2.75, 3.05) is 0 Å². The molecule has 0 saturated carbocycles. The van der Waals surface area contributed by atoms with Crippen LogP contribution in [0.2, 0.25) is 0 Å². The van der Waals surface area contributed by atoms with Gasteiger partial charge >= 0.3 is 0 Å². The zero-order chi connectivity index (χ0) is 57.5. The first-order valence-corrected chi connectivity index (χ1v) is 17.6. The molecule has 3 heteroatoms. The summed E-state index contributed by atoms with van der Waals surface area (Å²) in [6, 6.07) is 2.47. The Balaban J connectivity index is 1.19. The van der Waals surface area contributed by atoms with E-state index in [9.17, 15) is 15.1 Å². The van der Waals surface area contributed by atoms with Gasteiger partial charge in [0.25, 0.3) is 0 Å². The lowest BCUT2D eigenvalue weighted by Crippen LogP contribution is -1.94. The fourth-order valence-corrected chi connectivity index (χ4v) is 7.49. The number of hydrogen-bond donors (Lipinski definition) is 0. The van der Waals surface area contributed by atoms with E-state index in [1.54, 1.807) is 18.2 Å². The number of furan rings is 1. The van der Waals surface area contributed by atoms with Crippen LogP contribution in [0.4, 0.5) is 0 Å². The van der Waals surface area contributed by atoms with E-state index < -0.39 is 183 Å². The van der Waals surface area contributed by atoms with Crippen LogP contribution >= 0.6 is 0 Å². The van der Waals surface area contributed by atoms with Crippen LogP contribution in [0, 0.1) is 0 Å². The van der Waals surface area contributed by atoms with Gasteiger partial charge in [-0.1, -0.05) is 133 Å². The summed E-state index contributed by atoms with van der Waals surface area (Å²) in [7, 11) is 0. The van der Waals surface area contributed by atoms with E-state index in [0.29, 0.717) is 11.3 Å². The molecule has 3 nitrogen and oxygen atoms in total. The topological polar surface area (TPSA) is 23.0 Å². The van der Waals surface area contributed by atoms with E-state index in [0.717, 1.165) is 10.1 Å². The SMILES string of the molecule is [2H]c1c([2H])c([2H])c(-c2c([2H])c([2H])c([2H])c3oc4c([2H])c(-n5c6c([2H])c([2H])c([2H])c([2H])c6c6c([2H])c(-c7c([2H])c([2H])c8c(c7[2H])c7c([2H])c([2H])c([2H])c([2H])c7n8-c7cccc(-c8ccccc8)c7)c([2H])c([2H])c65)ccc4c23)c([2H])c1[2H]. The van der Waals surface area contributed by atoms with Crippen molar-refractivity contribution in [2.24, 2.45) is 0 Å². The minimum Gasteiger partial charge on any atom is -0.456 e. The predicted molar refractivity (Wildman–Crippen MR) is 239 cm³/mol. The first-order valence-electron chi connectivity index (χ1n) is 29.1. The molecule has 12 aromatic rings. The number of hydrogen-bond acceptors (Lipinski definition) is 1. The summed E-state index contributed by atoms with van der Waals surface area (Å²) in [6.07, 6.45) is 0. The number of para-hydroxylation sites is 2. The van der Waals surface area contributed by atoms with Crippen molar-refractivity contribution < 1.29 is 35.9 Å². The molecule has 0 aliphatic heterocycles. The van der Waals surface area contributed by atoms with Crippen molar-refractivity contribution in [2.45, 2.75) is 0 Å². The normalized spacial score (nSPS) is 17.5. The van der Waals surface area contributed by atoms with Gasteiger partial charge in [-0.15, -0.1) is 0 Å². The van der Waals surface area contributed by atoms with Crippen LogP contribution in [0.15, 0.2) is 210 Å². The molecular formula is C54H34N2O. The Bertz CT molecular complexity index is 4840. The zero-order valence-corrected chi connectivity index (χ0v) is 29.2. The Morgan fingerprint density at radius 3 is 1.72 bits per heavy atom. The van der Waals surface area contributed by atoms with Gasteiger partial charge in [0.05, 0.1) is 53.6 Å². The number of nitrogens with zero attached hydrogens (tertiary/aromatic N) is 2. The average molecular weight is 750 g/mol. The third-order valence-corrected chi connectivity index (χ3v) is 9.98. The second kappa shape index (κ2) is 12.5. The molecule has 9 aromatic carbocycles. The largest absolute Gasteiger partial charge is 0.456 e. The van der Waals surface area contributed by atoms with Gasteiger partial charge < -0.3 is 13.6 Å². The Kier molecular flexibility index (Phi) is 3.63. The highest BCUT2D eigenvalue weighted by Gasteiger charge is 2.18. The van der Waals surface area contributed by atoms with Crippen LogP contribution in [0.5, 0.6) is 0 Å². The molecule has 0 fully saturated rings. The molecule has 0 aliphatic rings. The van der Waals surface area contributed by atoms with Crippen molar-refractivity contribution in [3.05, 3.63) is 206 Å². The van der Waals surface area contributed by atoms with E-state index in [4.69, 9.17) is 20.9 Å². The van der Waals surface area contributed by atoms with Crippen molar-refractivity contribution in [1.29, 1.82) is 0 Å². The maximum absolute atomic E-state index is 9.97. The summed E-state index contributed by atoms with van der Waals surface area (Å²) in [6.45, 7) is 0. The molecule has 3 aromatic heterocycles. The van der Waals surface area contributed by atoms with Gasteiger partial charge in [-0.25, -0.2) is 0 Å². The summed E-state index contributed by atoms with van der Waals surface area (Å²) in [5.41, 5.74) is -2.46. The third-order valence-electron chi connectivity index (χ3n) is 9.98. The lowest BCUT2D eigenvalue weighted by molar-refractivity contribution is 0.668. The fourth-order valence-electron chi connectivity index (χ4n) is 7.49. The maximum Gasteiger partial charge on any atom is 0.137 e. The molecule has 0 bridgehead atoms. The molecular weight excluding hydrogens is 693 g/mol. The summed E-state index contributed by atoms with van der Waals surface area (Å²) in [5, 5.41) is -1.47. The quantitative estimate of drug-likeness (QED) is 0.172. The van der Waals surface area contributed by atoms with Gasteiger partial charge in [0.1, 0.15) is 11.2 Å². The summed E-state index contributed by atoms with van der Waals surface area (Å²) in [4.78, 5) is 0. The van der Waals surface area contributed by atoms with Crippen LogP contribution in [0.25, 0.3) is 110 Å². The van der Waals surface area contributed by atoms with E-state index in [-0.39, 0.29) is 49.4 Å². The molecule has 0 saturated heterocycles. The number of benzene rings is 9. The standard InChI is InChI=1S/C54H34N2O/c1-3-13-35(14-4-1)37-17-11-18-40(31-37)55-48-22-9-7-19-43(48)46-32-38(25-29-50(46)55)39-26-30-51-47(33-39)44-20-8-10-23-49(44)56(51)41-27-28-45-53(34-41)57-52-24-12-21-42(54(45)52)36-15-5-2-6-16-36/h1-34H/i2D,5D,6D,7D,8D,9D,10D,12D,15D,16D,19D,20D,21D,22D,23D,24D,25D,26D,29D,30D,32D,33D,34D. The molecule has 3 heterocycles. The second-order valence-corrected chi connectivity index (χ2v) is 13.1. The van der Waals surface area contributed by atoms with Crippen molar-refractivity contribution >= 4 is 65.6 Å². The molecule has 0 radical (unpaired) electrons. The lowest BCUT2D eigenvalue weighted by Gasteiger charge is -2.11. The van der Waals surface area contributed by atoms with Crippen LogP contribution in [0.3, 0.4) is 0 Å². The number of fused-ring (bicyclic) bond motifs is 9. The lowest BCUT2D eigenvalue weighted by atomic mass is 9.99.